The number of halogens is 3. The summed E-state index contributed by atoms with van der Waals surface area (Å²) in [6.07, 6.45) is 0. The van der Waals surface area contributed by atoms with E-state index in [0.29, 0.717) is 32.1 Å². The molecule has 3 aromatic rings. The average Bonchev–Trinajstić information content (AvgIpc) is 2.98. The minimum Gasteiger partial charge on any atom is -0.319 e. The first-order chi connectivity index (χ1) is 12.8. The molecule has 2 N–H and O–H groups in total. The van der Waals surface area contributed by atoms with Gasteiger partial charge in [-0.25, -0.2) is 8.78 Å². The average molecular weight is 407 g/mol. The van der Waals surface area contributed by atoms with E-state index in [1.807, 2.05) is 0 Å². The van der Waals surface area contributed by atoms with Gasteiger partial charge in [-0.2, -0.15) is 0 Å². The zero-order valence-electron chi connectivity index (χ0n) is 14.0. The molecule has 1 heterocycles. The summed E-state index contributed by atoms with van der Waals surface area (Å²) < 4.78 is 26.7. The van der Waals surface area contributed by atoms with Crippen molar-refractivity contribution < 1.29 is 18.4 Å². The molecule has 0 radical (unpaired) electrons. The largest absolute Gasteiger partial charge is 0.319 e. The van der Waals surface area contributed by atoms with Crippen LogP contribution in [0.5, 0.6) is 0 Å². The van der Waals surface area contributed by atoms with Crippen LogP contribution in [0.2, 0.25) is 5.02 Å². The third-order valence-corrected chi connectivity index (χ3v) is 5.14. The van der Waals surface area contributed by atoms with Gasteiger partial charge in [-0.05, 0) is 42.8 Å². The van der Waals surface area contributed by atoms with Gasteiger partial charge in [-0.1, -0.05) is 23.7 Å². The Hall–Kier alpha value is -2.77. The van der Waals surface area contributed by atoms with E-state index in [1.165, 1.54) is 0 Å². The van der Waals surface area contributed by atoms with Crippen LogP contribution < -0.4 is 10.6 Å². The number of carbonyl (C=O) groups excluding carboxylic acids is 2. The van der Waals surface area contributed by atoms with E-state index in [9.17, 15) is 18.4 Å². The van der Waals surface area contributed by atoms with E-state index in [-0.39, 0.29) is 5.69 Å². The first-order valence-electron chi connectivity index (χ1n) is 7.78. The molecule has 0 aliphatic carbocycles. The van der Waals surface area contributed by atoms with Crippen LogP contribution in [-0.4, -0.2) is 11.8 Å². The number of anilines is 2. The maximum Gasteiger partial charge on any atom is 0.266 e. The van der Waals surface area contributed by atoms with E-state index >= 15 is 0 Å². The summed E-state index contributed by atoms with van der Waals surface area (Å²) in [7, 11) is 0. The number of thiophene rings is 1. The molecule has 0 fully saturated rings. The maximum atomic E-state index is 13.7. The number of hydrogen-bond acceptors (Lipinski definition) is 3. The molecule has 0 aliphatic rings. The Morgan fingerprint density at radius 3 is 2.44 bits per heavy atom. The van der Waals surface area contributed by atoms with Crippen molar-refractivity contribution >= 4 is 45.4 Å². The lowest BCUT2D eigenvalue weighted by molar-refractivity contribution is 0.102. The fraction of sp³-hybridized carbons (Fsp3) is 0.0526. The van der Waals surface area contributed by atoms with Gasteiger partial charge in [0.25, 0.3) is 11.8 Å². The Kier molecular flexibility index (Phi) is 5.53. The second-order valence-corrected chi connectivity index (χ2v) is 7.09. The fourth-order valence-corrected chi connectivity index (χ4v) is 3.55. The third-order valence-electron chi connectivity index (χ3n) is 3.66. The van der Waals surface area contributed by atoms with Gasteiger partial charge in [-0.3, -0.25) is 9.59 Å². The van der Waals surface area contributed by atoms with Gasteiger partial charge in [-0.15, -0.1) is 11.3 Å². The number of rotatable bonds is 4. The number of hydrogen-bond donors (Lipinski definition) is 2. The number of benzene rings is 2. The molecule has 4 nitrogen and oxygen atoms in total. The smallest absolute Gasteiger partial charge is 0.266 e. The van der Waals surface area contributed by atoms with Crippen LogP contribution in [0.3, 0.4) is 0 Å². The maximum absolute atomic E-state index is 13.7. The molecule has 0 spiro atoms. The van der Waals surface area contributed by atoms with E-state index < -0.39 is 23.4 Å². The number of nitrogens with one attached hydrogen (secondary N) is 2. The number of aryl methyl sites for hydroxylation is 1. The molecule has 0 saturated heterocycles. The van der Waals surface area contributed by atoms with Gasteiger partial charge in [0.15, 0.2) is 0 Å². The highest BCUT2D eigenvalue weighted by Crippen LogP contribution is 2.29. The Balaban J connectivity index is 1.77. The predicted molar refractivity (Wildman–Crippen MR) is 103 cm³/mol. The van der Waals surface area contributed by atoms with Crippen LogP contribution in [0.15, 0.2) is 48.5 Å². The second kappa shape index (κ2) is 7.85. The topological polar surface area (TPSA) is 58.2 Å². The van der Waals surface area contributed by atoms with Crippen molar-refractivity contribution in [3.8, 4) is 0 Å². The van der Waals surface area contributed by atoms with Crippen molar-refractivity contribution in [2.45, 2.75) is 6.92 Å². The van der Waals surface area contributed by atoms with Crippen molar-refractivity contribution in [1.29, 1.82) is 0 Å². The highest BCUT2D eigenvalue weighted by Gasteiger charge is 2.18. The van der Waals surface area contributed by atoms with Crippen molar-refractivity contribution in [1.82, 2.24) is 0 Å². The Morgan fingerprint density at radius 2 is 1.74 bits per heavy atom. The molecular weight excluding hydrogens is 394 g/mol. The van der Waals surface area contributed by atoms with Crippen molar-refractivity contribution in [3.05, 3.63) is 81.2 Å². The van der Waals surface area contributed by atoms with E-state index in [0.717, 1.165) is 23.5 Å². The monoisotopic (exact) mass is 406 g/mol. The molecule has 3 rings (SSSR count). The summed E-state index contributed by atoms with van der Waals surface area (Å²) in [5, 5.41) is 5.85. The SMILES string of the molecule is Cc1cc(NC(=O)c2ccccc2Cl)sc1C(=O)Nc1ccc(F)cc1F. The molecule has 0 atom stereocenters. The summed E-state index contributed by atoms with van der Waals surface area (Å²) in [6.45, 7) is 1.69. The number of amides is 2. The van der Waals surface area contributed by atoms with Gasteiger partial charge in [0.2, 0.25) is 0 Å². The Labute approximate surface area is 162 Å². The molecule has 0 unspecified atom stereocenters. The van der Waals surface area contributed by atoms with Gasteiger partial charge < -0.3 is 10.6 Å². The molecule has 0 bridgehead atoms. The van der Waals surface area contributed by atoms with Crippen LogP contribution in [0.25, 0.3) is 0 Å². The van der Waals surface area contributed by atoms with E-state index in [2.05, 4.69) is 10.6 Å². The standard InChI is InChI=1S/C19H13ClF2N2O2S/c1-10-8-16(24-18(25)12-4-2-3-5-13(12)20)27-17(10)19(26)23-15-7-6-11(21)9-14(15)22/h2-9H,1H3,(H,23,26)(H,24,25). The predicted octanol–water partition coefficient (Wildman–Crippen LogP) is 5.49. The van der Waals surface area contributed by atoms with Gasteiger partial charge in [0.1, 0.15) is 11.6 Å². The zero-order valence-corrected chi connectivity index (χ0v) is 15.5. The zero-order chi connectivity index (χ0) is 19.6. The third kappa shape index (κ3) is 4.32. The summed E-state index contributed by atoms with van der Waals surface area (Å²) >= 11 is 7.05. The normalized spacial score (nSPS) is 10.5. The van der Waals surface area contributed by atoms with Crippen LogP contribution in [0, 0.1) is 18.6 Å². The molecule has 0 aliphatic heterocycles. The minimum absolute atomic E-state index is 0.129. The van der Waals surface area contributed by atoms with Gasteiger partial charge in [0.05, 0.1) is 26.2 Å². The summed E-state index contributed by atoms with van der Waals surface area (Å²) in [5.74, 6) is -2.56. The molecule has 27 heavy (non-hydrogen) atoms. The van der Waals surface area contributed by atoms with Gasteiger partial charge in [0, 0.05) is 6.07 Å². The minimum atomic E-state index is -0.871. The first-order valence-corrected chi connectivity index (χ1v) is 8.97. The van der Waals surface area contributed by atoms with Crippen LogP contribution in [-0.2, 0) is 0 Å². The molecule has 0 saturated carbocycles. The van der Waals surface area contributed by atoms with Gasteiger partial charge >= 0.3 is 0 Å². The lowest BCUT2D eigenvalue weighted by atomic mass is 10.2. The Bertz CT molecular complexity index is 1040. The van der Waals surface area contributed by atoms with Crippen LogP contribution in [0.4, 0.5) is 19.5 Å². The van der Waals surface area contributed by atoms with Crippen molar-refractivity contribution in [3.63, 3.8) is 0 Å². The molecule has 2 amide bonds. The van der Waals surface area contributed by atoms with Crippen molar-refractivity contribution in [2.24, 2.45) is 0 Å². The quantitative estimate of drug-likeness (QED) is 0.601. The molecule has 2 aromatic carbocycles. The first kappa shape index (κ1) is 19.0. The summed E-state index contributed by atoms with van der Waals surface area (Å²) in [4.78, 5) is 25.0. The summed E-state index contributed by atoms with van der Waals surface area (Å²) in [5.41, 5.74) is 0.787. The number of carbonyl (C=O) groups is 2. The highest BCUT2D eigenvalue weighted by atomic mass is 35.5. The fourth-order valence-electron chi connectivity index (χ4n) is 2.36. The second-order valence-electron chi connectivity index (χ2n) is 5.64. The molecule has 138 valence electrons. The van der Waals surface area contributed by atoms with Crippen LogP contribution in [0.1, 0.15) is 25.6 Å². The van der Waals surface area contributed by atoms with Crippen LogP contribution >= 0.6 is 22.9 Å². The van der Waals surface area contributed by atoms with E-state index in [4.69, 9.17) is 11.6 Å². The molecule has 1 aromatic heterocycles. The Morgan fingerprint density at radius 1 is 1.00 bits per heavy atom. The lowest BCUT2D eigenvalue weighted by Crippen LogP contribution is -2.12. The molecule has 8 heteroatoms. The van der Waals surface area contributed by atoms with Crippen molar-refractivity contribution in [2.75, 3.05) is 10.6 Å². The summed E-state index contributed by atoms with van der Waals surface area (Å²) in [6, 6.07) is 11.1. The molecular formula is C19H13ClF2N2O2S. The van der Waals surface area contributed by atoms with E-state index in [1.54, 1.807) is 37.3 Å². The lowest BCUT2D eigenvalue weighted by Gasteiger charge is -2.06. The highest BCUT2D eigenvalue weighted by molar-refractivity contribution is 7.18.